The van der Waals surface area contributed by atoms with Crippen LogP contribution in [0.4, 0.5) is 4.79 Å². The van der Waals surface area contributed by atoms with Crippen molar-refractivity contribution in [3.05, 3.63) is 35.9 Å². The van der Waals surface area contributed by atoms with Gasteiger partial charge < -0.3 is 15.1 Å². The molecule has 2 aliphatic heterocycles. The Morgan fingerprint density at radius 1 is 1.25 bits per heavy atom. The molecule has 0 spiro atoms. The number of amides is 2. The third-order valence-corrected chi connectivity index (χ3v) is 6.39. The van der Waals surface area contributed by atoms with Gasteiger partial charge in [0.25, 0.3) is 0 Å². The molecule has 132 valence electrons. The van der Waals surface area contributed by atoms with Crippen LogP contribution < -0.4 is 5.32 Å². The van der Waals surface area contributed by atoms with E-state index in [9.17, 15) is 4.79 Å². The summed E-state index contributed by atoms with van der Waals surface area (Å²) in [6, 6.07) is 11.5. The van der Waals surface area contributed by atoms with Crippen LogP contribution in [0.1, 0.15) is 24.8 Å². The zero-order valence-electron chi connectivity index (χ0n) is 14.6. The molecule has 1 N–H and O–H groups in total. The molecule has 0 radical (unpaired) electrons. The first-order valence-corrected chi connectivity index (χ1v) is 10.2. The fraction of sp³-hybridized carbons (Fsp3) is 0.632. The van der Waals surface area contributed by atoms with E-state index >= 15 is 0 Å². The predicted octanol–water partition coefficient (Wildman–Crippen LogP) is 2.84. The highest BCUT2D eigenvalue weighted by molar-refractivity contribution is 7.99. The molecule has 0 aromatic heterocycles. The van der Waals surface area contributed by atoms with Gasteiger partial charge in [0.15, 0.2) is 0 Å². The monoisotopic (exact) mass is 347 g/mol. The summed E-state index contributed by atoms with van der Waals surface area (Å²) in [5.41, 5.74) is 1.41. The summed E-state index contributed by atoms with van der Waals surface area (Å²) in [4.78, 5) is 16.8. The summed E-state index contributed by atoms with van der Waals surface area (Å²) in [5.74, 6) is 2.27. The van der Waals surface area contributed by atoms with Crippen molar-refractivity contribution >= 4 is 17.8 Å². The van der Waals surface area contributed by atoms with Crippen LogP contribution >= 0.6 is 11.8 Å². The van der Waals surface area contributed by atoms with Gasteiger partial charge in [-0.3, -0.25) is 0 Å². The second-order valence-corrected chi connectivity index (χ2v) is 8.08. The van der Waals surface area contributed by atoms with E-state index in [4.69, 9.17) is 0 Å². The predicted molar refractivity (Wildman–Crippen MR) is 102 cm³/mol. The molecule has 2 amide bonds. The van der Waals surface area contributed by atoms with E-state index in [-0.39, 0.29) is 6.03 Å². The van der Waals surface area contributed by atoms with Gasteiger partial charge in [0, 0.05) is 44.5 Å². The molecule has 2 aliphatic rings. The summed E-state index contributed by atoms with van der Waals surface area (Å²) in [5, 5.41) is 3.24. The van der Waals surface area contributed by atoms with Crippen molar-refractivity contribution < 1.29 is 4.79 Å². The fourth-order valence-electron chi connectivity index (χ4n) is 3.50. The van der Waals surface area contributed by atoms with Crippen molar-refractivity contribution in [2.45, 2.75) is 37.8 Å². The van der Waals surface area contributed by atoms with Crippen LogP contribution in [0, 0.1) is 0 Å². The molecule has 0 aliphatic carbocycles. The van der Waals surface area contributed by atoms with Gasteiger partial charge in [-0.15, -0.1) is 0 Å². The maximum Gasteiger partial charge on any atom is 0.317 e. The molecular formula is C19H29N3OS. The zero-order chi connectivity index (χ0) is 16.8. The Morgan fingerprint density at radius 3 is 2.67 bits per heavy atom. The molecule has 0 bridgehead atoms. The van der Waals surface area contributed by atoms with E-state index in [1.54, 1.807) is 0 Å². The molecule has 2 fully saturated rings. The molecule has 1 aromatic carbocycles. The largest absolute Gasteiger partial charge is 0.335 e. The lowest BCUT2D eigenvalue weighted by molar-refractivity contribution is 0.171. The number of thioether (sulfide) groups is 1. The van der Waals surface area contributed by atoms with Gasteiger partial charge in [0.2, 0.25) is 0 Å². The third kappa shape index (κ3) is 4.90. The first kappa shape index (κ1) is 17.6. The van der Waals surface area contributed by atoms with Crippen LogP contribution in [0.25, 0.3) is 0 Å². The van der Waals surface area contributed by atoms with Gasteiger partial charge in [0.1, 0.15) is 0 Å². The average Bonchev–Trinajstić information content (AvgIpc) is 3.16. The second-order valence-electron chi connectivity index (χ2n) is 6.93. The van der Waals surface area contributed by atoms with Crippen molar-refractivity contribution in [3.63, 3.8) is 0 Å². The normalized spacial score (nSPS) is 22.5. The fourth-order valence-corrected chi connectivity index (χ4v) is 4.77. The van der Waals surface area contributed by atoms with Gasteiger partial charge in [-0.1, -0.05) is 30.3 Å². The van der Waals surface area contributed by atoms with Crippen LogP contribution in [0.2, 0.25) is 0 Å². The number of hydrogen-bond donors (Lipinski definition) is 1. The molecule has 2 heterocycles. The Labute approximate surface area is 150 Å². The summed E-state index contributed by atoms with van der Waals surface area (Å²) in [6.07, 6.45) is 4.37. The number of piperidine rings is 1. The van der Waals surface area contributed by atoms with Crippen molar-refractivity contribution in [1.82, 2.24) is 15.1 Å². The first-order valence-electron chi connectivity index (χ1n) is 9.10. The van der Waals surface area contributed by atoms with Gasteiger partial charge in [-0.2, -0.15) is 11.8 Å². The summed E-state index contributed by atoms with van der Waals surface area (Å²) in [7, 11) is 1.95. The number of hydrogen-bond acceptors (Lipinski definition) is 3. The molecule has 0 saturated carbocycles. The third-order valence-electron chi connectivity index (χ3n) is 5.25. The van der Waals surface area contributed by atoms with Crippen molar-refractivity contribution in [2.75, 3.05) is 38.2 Å². The minimum Gasteiger partial charge on any atom is -0.335 e. The van der Waals surface area contributed by atoms with Crippen LogP contribution in [-0.2, 0) is 6.42 Å². The lowest BCUT2D eigenvalue weighted by Crippen LogP contribution is -2.50. The number of nitrogens with one attached hydrogen (secondary N) is 1. The maximum atomic E-state index is 12.4. The number of benzene rings is 1. The Morgan fingerprint density at radius 2 is 2.00 bits per heavy atom. The van der Waals surface area contributed by atoms with Gasteiger partial charge >= 0.3 is 6.03 Å². The van der Waals surface area contributed by atoms with Crippen molar-refractivity contribution in [1.29, 1.82) is 0 Å². The Bertz CT molecular complexity index is 511. The summed E-state index contributed by atoms with van der Waals surface area (Å²) >= 11 is 1.95. The second kappa shape index (κ2) is 8.77. The van der Waals surface area contributed by atoms with E-state index in [0.29, 0.717) is 12.1 Å². The van der Waals surface area contributed by atoms with E-state index in [2.05, 4.69) is 40.5 Å². The molecule has 3 rings (SSSR count). The van der Waals surface area contributed by atoms with Crippen LogP contribution in [0.15, 0.2) is 30.3 Å². The van der Waals surface area contributed by atoms with E-state index in [0.717, 1.165) is 51.1 Å². The van der Waals surface area contributed by atoms with Crippen LogP contribution in [-0.4, -0.2) is 66.1 Å². The van der Waals surface area contributed by atoms with Crippen LogP contribution in [0.3, 0.4) is 0 Å². The topological polar surface area (TPSA) is 35.6 Å². The van der Waals surface area contributed by atoms with E-state index < -0.39 is 0 Å². The van der Waals surface area contributed by atoms with Crippen LogP contribution in [0.5, 0.6) is 0 Å². The van der Waals surface area contributed by atoms with Gasteiger partial charge in [-0.05, 0) is 37.0 Å². The molecular weight excluding hydrogens is 318 g/mol. The number of likely N-dealkylation sites (tertiary alicyclic amines) is 1. The quantitative estimate of drug-likeness (QED) is 0.890. The van der Waals surface area contributed by atoms with E-state index in [1.807, 2.05) is 23.7 Å². The smallest absolute Gasteiger partial charge is 0.317 e. The van der Waals surface area contributed by atoms with Gasteiger partial charge in [-0.25, -0.2) is 4.79 Å². The minimum atomic E-state index is 0.116. The number of carbonyl (C=O) groups excluding carboxylic acids is 1. The van der Waals surface area contributed by atoms with Crippen molar-refractivity contribution in [3.8, 4) is 0 Å². The van der Waals surface area contributed by atoms with Gasteiger partial charge in [0.05, 0.1) is 0 Å². The Hall–Kier alpha value is -1.20. The minimum absolute atomic E-state index is 0.116. The number of urea groups is 1. The standard InChI is InChI=1S/C19H29N3OS/c1-21(18-10-14-24-15-18)19(23)20-17-8-12-22(13-9-17)11-7-16-5-3-2-4-6-16/h2-6,17-18H,7-15H2,1H3,(H,20,23)/t18-/m1/s1. The number of nitrogens with zero attached hydrogens (tertiary/aromatic N) is 2. The molecule has 24 heavy (non-hydrogen) atoms. The summed E-state index contributed by atoms with van der Waals surface area (Å²) < 4.78 is 0. The Kier molecular flexibility index (Phi) is 6.44. The number of rotatable bonds is 5. The zero-order valence-corrected chi connectivity index (χ0v) is 15.4. The first-order chi connectivity index (χ1) is 11.7. The van der Waals surface area contributed by atoms with E-state index in [1.165, 1.54) is 11.3 Å². The highest BCUT2D eigenvalue weighted by Gasteiger charge is 2.26. The Balaban J connectivity index is 1.36. The lowest BCUT2D eigenvalue weighted by Gasteiger charge is -2.34. The molecule has 2 saturated heterocycles. The summed E-state index contributed by atoms with van der Waals surface area (Å²) in [6.45, 7) is 3.28. The average molecular weight is 348 g/mol. The SMILES string of the molecule is CN(C(=O)NC1CCN(CCc2ccccc2)CC1)[C@@H]1CCSC1. The molecule has 1 atom stereocenters. The molecule has 5 heteroatoms. The highest BCUT2D eigenvalue weighted by atomic mass is 32.2. The lowest BCUT2D eigenvalue weighted by atomic mass is 10.0. The van der Waals surface area contributed by atoms with Crippen molar-refractivity contribution in [2.24, 2.45) is 0 Å². The maximum absolute atomic E-state index is 12.4. The molecule has 4 nitrogen and oxygen atoms in total. The molecule has 1 aromatic rings. The molecule has 0 unspecified atom stereocenters. The number of carbonyl (C=O) groups is 1. The highest BCUT2D eigenvalue weighted by Crippen LogP contribution is 2.21.